The Morgan fingerprint density at radius 2 is 1.55 bits per heavy atom. The number of hydrogen-bond donors (Lipinski definition) is 6. The zero-order valence-corrected chi connectivity index (χ0v) is 32.0. The Kier molecular flexibility index (Phi) is 12.7. The predicted octanol–water partition coefficient (Wildman–Crippen LogP) is 3.31. The maximum absolute atomic E-state index is 13.4. The molecule has 0 spiro atoms. The maximum atomic E-state index is 13.4. The lowest BCUT2D eigenvalue weighted by molar-refractivity contribution is -0.338. The van der Waals surface area contributed by atoms with Crippen molar-refractivity contribution in [2.75, 3.05) is 13.2 Å². The Balaban J connectivity index is 1.15. The highest BCUT2D eigenvalue weighted by Crippen LogP contribution is 2.67. The van der Waals surface area contributed by atoms with Crippen LogP contribution in [-0.4, -0.2) is 117 Å². The van der Waals surface area contributed by atoms with Crippen molar-refractivity contribution >= 4 is 11.9 Å². The molecule has 53 heavy (non-hydrogen) atoms. The molecule has 17 atom stereocenters. The number of carbonyl (C=O) groups excluding carboxylic acids is 1. The molecular formula is C40H64O13. The number of rotatable bonds is 13. The first kappa shape index (κ1) is 41.0. The molecule has 6 rings (SSSR count). The van der Waals surface area contributed by atoms with Gasteiger partial charge in [0.25, 0.3) is 0 Å². The summed E-state index contributed by atoms with van der Waals surface area (Å²) in [5.41, 5.74) is 0.123. The molecule has 2 heterocycles. The number of carboxylic acids is 1. The van der Waals surface area contributed by atoms with Crippen molar-refractivity contribution in [3.63, 3.8) is 0 Å². The monoisotopic (exact) mass is 752 g/mol. The van der Waals surface area contributed by atoms with Crippen molar-refractivity contribution in [1.29, 1.82) is 0 Å². The van der Waals surface area contributed by atoms with Crippen LogP contribution in [0.15, 0.2) is 11.6 Å². The highest BCUT2D eigenvalue weighted by molar-refractivity contribution is 5.80. The number of aliphatic hydroxyl groups excluding tert-OH is 5. The average Bonchev–Trinajstić information content (AvgIpc) is 3.62. The minimum atomic E-state index is -1.60. The van der Waals surface area contributed by atoms with E-state index in [4.69, 9.17) is 23.7 Å². The third-order valence-corrected chi connectivity index (χ3v) is 14.4. The molecule has 2 aliphatic heterocycles. The molecule has 5 fully saturated rings. The van der Waals surface area contributed by atoms with Crippen LogP contribution in [0.25, 0.3) is 0 Å². The van der Waals surface area contributed by atoms with Crippen LogP contribution in [0.4, 0.5) is 0 Å². The van der Waals surface area contributed by atoms with Gasteiger partial charge in [0.05, 0.1) is 24.7 Å². The van der Waals surface area contributed by atoms with Gasteiger partial charge in [-0.15, -0.1) is 0 Å². The van der Waals surface area contributed by atoms with Gasteiger partial charge in [0.15, 0.2) is 18.7 Å². The minimum absolute atomic E-state index is 0.0481. The summed E-state index contributed by atoms with van der Waals surface area (Å²) < 4.78 is 28.8. The predicted molar refractivity (Wildman–Crippen MR) is 190 cm³/mol. The maximum Gasteiger partial charge on any atom is 0.314 e. The second kappa shape index (κ2) is 16.4. The number of allylic oxidation sites excluding steroid dienone is 1. The third kappa shape index (κ3) is 7.60. The van der Waals surface area contributed by atoms with Crippen LogP contribution < -0.4 is 0 Å². The lowest BCUT2D eigenvalue weighted by Crippen LogP contribution is -2.62. The van der Waals surface area contributed by atoms with Gasteiger partial charge in [-0.1, -0.05) is 58.6 Å². The lowest BCUT2D eigenvalue weighted by Gasteiger charge is -2.58. The van der Waals surface area contributed by atoms with Gasteiger partial charge in [-0.3, -0.25) is 9.59 Å². The number of ether oxygens (including phenoxy) is 5. The quantitative estimate of drug-likeness (QED) is 0.118. The number of fused-ring (bicyclic) bond motifs is 5. The first-order chi connectivity index (χ1) is 25.2. The van der Waals surface area contributed by atoms with E-state index in [0.717, 1.165) is 38.2 Å². The van der Waals surface area contributed by atoms with E-state index in [-0.39, 0.29) is 11.3 Å². The molecule has 0 aromatic rings. The van der Waals surface area contributed by atoms with Gasteiger partial charge in [0.1, 0.15) is 36.6 Å². The van der Waals surface area contributed by atoms with Gasteiger partial charge in [-0.2, -0.15) is 0 Å². The largest absolute Gasteiger partial charge is 0.481 e. The molecule has 13 nitrogen and oxygen atoms in total. The topological polar surface area (TPSA) is 202 Å². The van der Waals surface area contributed by atoms with Crippen LogP contribution in [0.1, 0.15) is 105 Å². The number of aliphatic carboxylic acids is 1. The summed E-state index contributed by atoms with van der Waals surface area (Å²) in [5.74, 6) is 1.41. The number of carboxylic acid groups (broad SMARTS) is 1. The van der Waals surface area contributed by atoms with E-state index in [1.807, 2.05) is 0 Å². The van der Waals surface area contributed by atoms with Gasteiger partial charge in [0, 0.05) is 6.92 Å². The number of carbonyl (C=O) groups is 2. The number of hydrogen-bond acceptors (Lipinski definition) is 12. The summed E-state index contributed by atoms with van der Waals surface area (Å²) in [6.45, 7) is 9.41. The van der Waals surface area contributed by atoms with Crippen molar-refractivity contribution in [2.24, 2.45) is 46.3 Å². The summed E-state index contributed by atoms with van der Waals surface area (Å²) in [5, 5.41) is 63.7. The van der Waals surface area contributed by atoms with Crippen LogP contribution in [0.2, 0.25) is 0 Å². The molecule has 4 aliphatic carbocycles. The van der Waals surface area contributed by atoms with E-state index in [2.05, 4.69) is 33.8 Å². The summed E-state index contributed by atoms with van der Waals surface area (Å²) in [6.07, 6.45) is -0.813. The fourth-order valence-corrected chi connectivity index (χ4v) is 11.8. The molecule has 302 valence electrons. The molecule has 13 heteroatoms. The Labute approximate surface area is 313 Å². The molecule has 0 aromatic heterocycles. The smallest absolute Gasteiger partial charge is 0.314 e. The van der Waals surface area contributed by atoms with E-state index in [1.165, 1.54) is 25.7 Å². The van der Waals surface area contributed by atoms with Gasteiger partial charge in [-0.05, 0) is 92.3 Å². The first-order valence-electron chi connectivity index (χ1n) is 20.1. The summed E-state index contributed by atoms with van der Waals surface area (Å²) in [7, 11) is 0. The highest BCUT2D eigenvalue weighted by Gasteiger charge is 2.63. The molecule has 0 amide bonds. The van der Waals surface area contributed by atoms with Crippen LogP contribution in [0.3, 0.4) is 0 Å². The van der Waals surface area contributed by atoms with Crippen molar-refractivity contribution < 1.29 is 63.9 Å². The van der Waals surface area contributed by atoms with Crippen LogP contribution in [0, 0.1) is 46.3 Å². The molecule has 0 aromatic carbocycles. The number of aliphatic hydroxyl groups is 5. The molecule has 9 unspecified atom stereocenters. The normalized spacial score (nSPS) is 45.9. The van der Waals surface area contributed by atoms with E-state index < -0.39 is 92.0 Å². The summed E-state index contributed by atoms with van der Waals surface area (Å²) in [6, 6.07) is 0. The average molecular weight is 753 g/mol. The van der Waals surface area contributed by atoms with Crippen molar-refractivity contribution in [2.45, 2.75) is 167 Å². The Morgan fingerprint density at radius 3 is 2.19 bits per heavy atom. The Hall–Kier alpha value is -1.68. The van der Waals surface area contributed by atoms with Crippen LogP contribution in [0.5, 0.6) is 0 Å². The highest BCUT2D eigenvalue weighted by atomic mass is 16.7. The molecule has 2 saturated heterocycles. The second-order valence-corrected chi connectivity index (χ2v) is 17.7. The molecule has 6 N–H and O–H groups in total. The zero-order chi connectivity index (χ0) is 38.4. The molecule has 6 aliphatic rings. The van der Waals surface area contributed by atoms with E-state index in [9.17, 15) is 40.2 Å². The SMILES string of the molecule is CC(=O)OC1C(OC2C(O)C(CO)OC(O[C@H]3CC[C@@]4(C(=O)O)C(=CC[C@@H]5[C@@H]4CC[C@]4(C)[C@@H]([C@H](C)CCCC(C)C)CC[C@@H]54)C3)C2O)OC(CO)C1O. The van der Waals surface area contributed by atoms with Crippen molar-refractivity contribution in [3.8, 4) is 0 Å². The van der Waals surface area contributed by atoms with E-state index in [1.54, 1.807) is 0 Å². The lowest BCUT2D eigenvalue weighted by atomic mass is 9.46. The molecule has 0 radical (unpaired) electrons. The Bertz CT molecular complexity index is 1320. The van der Waals surface area contributed by atoms with Crippen molar-refractivity contribution in [3.05, 3.63) is 11.6 Å². The third-order valence-electron chi connectivity index (χ3n) is 14.4. The number of esters is 1. The van der Waals surface area contributed by atoms with E-state index >= 15 is 0 Å². The zero-order valence-electron chi connectivity index (χ0n) is 32.0. The minimum Gasteiger partial charge on any atom is -0.481 e. The van der Waals surface area contributed by atoms with Gasteiger partial charge < -0.3 is 54.3 Å². The molecular weight excluding hydrogens is 688 g/mol. The first-order valence-corrected chi connectivity index (χ1v) is 20.1. The van der Waals surface area contributed by atoms with Gasteiger partial charge in [0.2, 0.25) is 0 Å². The van der Waals surface area contributed by atoms with Crippen molar-refractivity contribution in [1.82, 2.24) is 0 Å². The fraction of sp³-hybridized carbons (Fsp3) is 0.900. The van der Waals surface area contributed by atoms with Gasteiger partial charge >= 0.3 is 11.9 Å². The van der Waals surface area contributed by atoms with Crippen LogP contribution >= 0.6 is 0 Å². The summed E-state index contributed by atoms with van der Waals surface area (Å²) >= 11 is 0. The molecule has 0 bridgehead atoms. The Morgan fingerprint density at radius 1 is 0.868 bits per heavy atom. The van der Waals surface area contributed by atoms with Gasteiger partial charge in [-0.25, -0.2) is 0 Å². The second-order valence-electron chi connectivity index (χ2n) is 17.7. The standard InChI is InChI=1S/C40H64O13/c1-20(2)7-6-8-21(3)26-11-12-27-25-10-9-23-17-24(13-16-40(23,38(47)48)28(25)14-15-39(26,27)5)50-36-33(46)34(31(44)29(18-41)51-36)53-37-35(49-22(4)43)32(45)30(19-42)52-37/h9,20-21,24-37,41-42,44-46H,6-8,10-19H2,1-5H3,(H,47,48)/t21-,24+,25+,26-,27+,28+,29?,30?,31?,32?,33?,34?,35?,36?,37?,39-,40-/m1/s1. The molecule has 3 saturated carbocycles. The summed E-state index contributed by atoms with van der Waals surface area (Å²) in [4.78, 5) is 25.2. The fourth-order valence-electron chi connectivity index (χ4n) is 11.8. The van der Waals surface area contributed by atoms with E-state index in [0.29, 0.717) is 48.9 Å². The van der Waals surface area contributed by atoms with Crippen LogP contribution in [-0.2, 0) is 33.3 Å².